The van der Waals surface area contributed by atoms with E-state index >= 15 is 0 Å². The van der Waals surface area contributed by atoms with Crippen LogP contribution in [0.5, 0.6) is 0 Å². The number of benzene rings is 7. The molecule has 1 aliphatic carbocycles. The smallest absolute Gasteiger partial charge is 0.164 e. The van der Waals surface area contributed by atoms with Crippen LogP contribution >= 0.6 is 0 Å². The van der Waals surface area contributed by atoms with Crippen molar-refractivity contribution in [3.8, 4) is 62.5 Å². The quantitative estimate of drug-likeness (QED) is 0.195. The summed E-state index contributed by atoms with van der Waals surface area (Å²) in [5, 5.41) is 14.6. The van der Waals surface area contributed by atoms with Crippen molar-refractivity contribution >= 4 is 21.5 Å². The third kappa shape index (κ3) is 4.79. The van der Waals surface area contributed by atoms with E-state index in [2.05, 4.69) is 153 Å². The van der Waals surface area contributed by atoms with Crippen LogP contribution in [0.2, 0.25) is 0 Å². The van der Waals surface area contributed by atoms with Crippen LogP contribution in [0.3, 0.4) is 0 Å². The third-order valence-electron chi connectivity index (χ3n) is 9.93. The zero-order valence-corrected chi connectivity index (χ0v) is 27.1. The molecule has 1 aromatic heterocycles. The van der Waals surface area contributed by atoms with Gasteiger partial charge in [-0.1, -0.05) is 129 Å². The highest BCUT2D eigenvalue weighted by Crippen LogP contribution is 2.50. The van der Waals surface area contributed by atoms with Crippen LogP contribution in [0.25, 0.3) is 78.0 Å². The summed E-state index contributed by atoms with van der Waals surface area (Å²) in [6.45, 7) is 4.47. The molecule has 0 saturated heterocycles. The Morgan fingerprint density at radius 2 is 0.959 bits per heavy atom. The Balaban J connectivity index is 1.19. The molecule has 9 rings (SSSR count). The van der Waals surface area contributed by atoms with Gasteiger partial charge < -0.3 is 0 Å². The minimum absolute atomic E-state index is 0.179. The number of nitriles is 1. The van der Waals surface area contributed by atoms with E-state index in [0.717, 1.165) is 49.7 Å². The molecule has 0 fully saturated rings. The lowest BCUT2D eigenvalue weighted by atomic mass is 9.82. The molecular weight excluding hydrogens is 597 g/mol. The minimum Gasteiger partial charge on any atom is -0.208 e. The minimum atomic E-state index is -0.179. The van der Waals surface area contributed by atoms with E-state index in [0.29, 0.717) is 23.0 Å². The van der Waals surface area contributed by atoms with Gasteiger partial charge in [-0.25, -0.2) is 15.0 Å². The van der Waals surface area contributed by atoms with Gasteiger partial charge in [0.05, 0.1) is 11.6 Å². The van der Waals surface area contributed by atoms with Crippen molar-refractivity contribution in [3.05, 3.63) is 162 Å². The van der Waals surface area contributed by atoms with Gasteiger partial charge in [0.2, 0.25) is 0 Å². The molecule has 4 nitrogen and oxygen atoms in total. The first-order chi connectivity index (χ1) is 24.0. The van der Waals surface area contributed by atoms with Gasteiger partial charge in [-0.2, -0.15) is 5.26 Å². The molecule has 0 spiro atoms. The number of aromatic nitrogens is 3. The molecule has 1 aliphatic rings. The molecule has 1 heterocycles. The van der Waals surface area contributed by atoms with Gasteiger partial charge in [0.25, 0.3) is 0 Å². The van der Waals surface area contributed by atoms with Gasteiger partial charge in [0.15, 0.2) is 17.5 Å². The summed E-state index contributed by atoms with van der Waals surface area (Å²) in [7, 11) is 0. The standard InChI is InChI=1S/C45H30N4/c1-45(2)39-22-21-33(26-38(39)41-37(27-46)15-8-16-40(41)45)32-13-7-14-34(25-32)42-47-43(35-19-17-28-9-3-5-11-30(28)23-35)49-44(48-42)36-20-18-29-10-4-6-12-31(29)24-36/h3-26H,1-2H3. The van der Waals surface area contributed by atoms with Crippen LogP contribution in [-0.4, -0.2) is 15.0 Å². The van der Waals surface area contributed by atoms with Gasteiger partial charge in [-0.15, -0.1) is 0 Å². The highest BCUT2D eigenvalue weighted by Gasteiger charge is 2.36. The second-order valence-corrected chi connectivity index (χ2v) is 13.2. The van der Waals surface area contributed by atoms with Gasteiger partial charge >= 0.3 is 0 Å². The van der Waals surface area contributed by atoms with Crippen molar-refractivity contribution in [3.63, 3.8) is 0 Å². The summed E-state index contributed by atoms with van der Waals surface area (Å²) in [5.74, 6) is 1.87. The highest BCUT2D eigenvalue weighted by atomic mass is 15.0. The van der Waals surface area contributed by atoms with E-state index in [1.54, 1.807) is 0 Å². The Morgan fingerprint density at radius 1 is 0.449 bits per heavy atom. The molecule has 230 valence electrons. The van der Waals surface area contributed by atoms with E-state index in [4.69, 9.17) is 15.0 Å². The van der Waals surface area contributed by atoms with Crippen molar-refractivity contribution < 1.29 is 0 Å². The summed E-state index contributed by atoms with van der Waals surface area (Å²) < 4.78 is 0. The van der Waals surface area contributed by atoms with Gasteiger partial charge in [0.1, 0.15) is 0 Å². The van der Waals surface area contributed by atoms with Gasteiger partial charge in [-0.05, 0) is 79.7 Å². The summed E-state index contributed by atoms with van der Waals surface area (Å²) >= 11 is 0. The van der Waals surface area contributed by atoms with Crippen LogP contribution < -0.4 is 0 Å². The SMILES string of the molecule is CC1(C)c2ccc(-c3cccc(-c4nc(-c5ccc6ccccc6c5)nc(-c5ccc6ccccc6c5)n4)c3)cc2-c2c(C#N)cccc21. The van der Waals surface area contributed by atoms with Crippen molar-refractivity contribution in [1.29, 1.82) is 5.26 Å². The largest absolute Gasteiger partial charge is 0.208 e. The predicted molar refractivity (Wildman–Crippen MR) is 199 cm³/mol. The molecular formula is C45H30N4. The summed E-state index contributed by atoms with van der Waals surface area (Å²) in [6.07, 6.45) is 0. The summed E-state index contributed by atoms with van der Waals surface area (Å²) in [5.41, 5.74) is 10.0. The van der Waals surface area contributed by atoms with Crippen LogP contribution in [0.4, 0.5) is 0 Å². The van der Waals surface area contributed by atoms with E-state index in [1.807, 2.05) is 12.1 Å². The number of fused-ring (bicyclic) bond motifs is 5. The van der Waals surface area contributed by atoms with Crippen molar-refractivity contribution in [1.82, 2.24) is 15.0 Å². The molecule has 0 aliphatic heterocycles. The molecule has 0 radical (unpaired) electrons. The average Bonchev–Trinajstić information content (AvgIpc) is 3.39. The lowest BCUT2D eigenvalue weighted by molar-refractivity contribution is 0.660. The molecule has 4 heteroatoms. The molecule has 49 heavy (non-hydrogen) atoms. The average molecular weight is 627 g/mol. The molecule has 0 amide bonds. The van der Waals surface area contributed by atoms with E-state index in [1.165, 1.54) is 21.9 Å². The first-order valence-electron chi connectivity index (χ1n) is 16.5. The summed E-state index contributed by atoms with van der Waals surface area (Å²) in [4.78, 5) is 15.2. The first-order valence-corrected chi connectivity index (χ1v) is 16.5. The van der Waals surface area contributed by atoms with Crippen molar-refractivity contribution in [2.45, 2.75) is 19.3 Å². The van der Waals surface area contributed by atoms with Crippen LogP contribution in [0.15, 0.2) is 146 Å². The first kappa shape index (κ1) is 28.8. The fourth-order valence-electron chi connectivity index (χ4n) is 7.34. The second-order valence-electron chi connectivity index (χ2n) is 13.2. The number of nitrogens with zero attached hydrogens (tertiary/aromatic N) is 4. The Hall–Kier alpha value is -6.44. The Labute approximate surface area is 285 Å². The molecule has 0 N–H and O–H groups in total. The zero-order chi connectivity index (χ0) is 33.1. The Bertz CT molecular complexity index is 2560. The fraction of sp³-hybridized carbons (Fsp3) is 0.0667. The maximum atomic E-state index is 9.99. The van der Waals surface area contributed by atoms with Crippen molar-refractivity contribution in [2.75, 3.05) is 0 Å². The fourth-order valence-corrected chi connectivity index (χ4v) is 7.34. The van der Waals surface area contributed by atoms with Gasteiger partial charge in [-0.3, -0.25) is 0 Å². The maximum Gasteiger partial charge on any atom is 0.164 e. The maximum absolute atomic E-state index is 9.99. The molecule has 8 aromatic rings. The lowest BCUT2D eigenvalue weighted by Gasteiger charge is -2.21. The monoisotopic (exact) mass is 626 g/mol. The van der Waals surface area contributed by atoms with E-state index < -0.39 is 0 Å². The number of rotatable bonds is 4. The molecule has 0 atom stereocenters. The van der Waals surface area contributed by atoms with Gasteiger partial charge in [0, 0.05) is 27.7 Å². The Kier molecular flexibility index (Phi) is 6.50. The predicted octanol–water partition coefficient (Wildman–Crippen LogP) is 11.0. The van der Waals surface area contributed by atoms with Crippen LogP contribution in [0, 0.1) is 11.3 Å². The van der Waals surface area contributed by atoms with E-state index in [9.17, 15) is 5.26 Å². The third-order valence-corrected chi connectivity index (χ3v) is 9.93. The highest BCUT2D eigenvalue weighted by molar-refractivity contribution is 5.90. The van der Waals surface area contributed by atoms with Crippen molar-refractivity contribution in [2.24, 2.45) is 0 Å². The van der Waals surface area contributed by atoms with E-state index in [-0.39, 0.29) is 5.41 Å². The number of hydrogen-bond acceptors (Lipinski definition) is 4. The van der Waals surface area contributed by atoms with Crippen LogP contribution in [0.1, 0.15) is 30.5 Å². The lowest BCUT2D eigenvalue weighted by Crippen LogP contribution is -2.14. The Morgan fingerprint density at radius 3 is 1.57 bits per heavy atom. The zero-order valence-electron chi connectivity index (χ0n) is 27.1. The normalized spacial score (nSPS) is 12.8. The topological polar surface area (TPSA) is 62.5 Å². The molecule has 0 saturated carbocycles. The summed E-state index contributed by atoms with van der Waals surface area (Å²) in [6, 6.07) is 52.9. The molecule has 7 aromatic carbocycles. The molecule has 0 unspecified atom stereocenters. The number of hydrogen-bond donors (Lipinski definition) is 0. The second kappa shape index (κ2) is 11.1. The van der Waals surface area contributed by atoms with Crippen LogP contribution in [-0.2, 0) is 5.41 Å². The molecule has 0 bridgehead atoms.